The van der Waals surface area contributed by atoms with E-state index in [1.54, 1.807) is 24.3 Å². The number of aryl methyl sites for hydroxylation is 2. The van der Waals surface area contributed by atoms with Crippen LogP contribution in [0.5, 0.6) is 5.75 Å². The molecule has 0 atom stereocenters. The molecule has 2 aromatic carbocycles. The fraction of sp³-hybridized carbons (Fsp3) is 0.348. The summed E-state index contributed by atoms with van der Waals surface area (Å²) in [5.41, 5.74) is 3.21. The average molecular weight is 409 g/mol. The summed E-state index contributed by atoms with van der Waals surface area (Å²) in [6.07, 6.45) is 1.91. The third kappa shape index (κ3) is 6.62. The van der Waals surface area contributed by atoms with Crippen molar-refractivity contribution in [2.75, 3.05) is 25.0 Å². The summed E-state index contributed by atoms with van der Waals surface area (Å²) >= 11 is 0. The molecule has 0 bridgehead atoms. The number of carbonyl (C=O) groups is 3. The topological polar surface area (TPSA) is 96.5 Å². The normalized spacial score (nSPS) is 12.7. The molecular weight excluding hydrogens is 382 g/mol. The number of nitrogens with one attached hydrogen (secondary N) is 3. The molecule has 0 heterocycles. The second kappa shape index (κ2) is 9.91. The van der Waals surface area contributed by atoms with Crippen LogP contribution in [-0.4, -0.2) is 37.4 Å². The first-order chi connectivity index (χ1) is 14.4. The Balaban J connectivity index is 1.40. The van der Waals surface area contributed by atoms with Crippen LogP contribution in [0.3, 0.4) is 0 Å². The Hall–Kier alpha value is -3.35. The van der Waals surface area contributed by atoms with E-state index in [0.29, 0.717) is 30.1 Å². The quantitative estimate of drug-likeness (QED) is 0.555. The number of amides is 3. The zero-order valence-electron chi connectivity index (χ0n) is 17.3. The molecular formula is C23H27N3O4. The van der Waals surface area contributed by atoms with Gasteiger partial charge in [0.05, 0.1) is 0 Å². The predicted molar refractivity (Wildman–Crippen MR) is 115 cm³/mol. The highest BCUT2D eigenvalue weighted by atomic mass is 16.5. The van der Waals surface area contributed by atoms with Crippen molar-refractivity contribution >= 4 is 23.4 Å². The smallest absolute Gasteiger partial charge is 0.262 e. The highest BCUT2D eigenvalue weighted by Crippen LogP contribution is 2.28. The molecule has 1 saturated carbocycles. The van der Waals surface area contributed by atoms with Gasteiger partial charge in [0, 0.05) is 30.3 Å². The van der Waals surface area contributed by atoms with Gasteiger partial charge >= 0.3 is 0 Å². The van der Waals surface area contributed by atoms with Crippen LogP contribution < -0.4 is 20.7 Å². The SMILES string of the molecule is Cc1cc(C)cc(OCC(=O)Nc2ccc(C(=O)NCCNC(=O)C3CC3)cc2)c1. The van der Waals surface area contributed by atoms with Gasteiger partial charge in [-0.15, -0.1) is 0 Å². The van der Waals surface area contributed by atoms with Gasteiger partial charge in [-0.05, 0) is 74.2 Å². The second-order valence-corrected chi connectivity index (χ2v) is 7.56. The molecule has 2 aromatic rings. The largest absolute Gasteiger partial charge is 0.484 e. The summed E-state index contributed by atoms with van der Waals surface area (Å²) in [7, 11) is 0. The zero-order valence-corrected chi connectivity index (χ0v) is 17.3. The van der Waals surface area contributed by atoms with E-state index in [-0.39, 0.29) is 30.2 Å². The van der Waals surface area contributed by atoms with Crippen LogP contribution in [0.25, 0.3) is 0 Å². The molecule has 7 nitrogen and oxygen atoms in total. The Bertz CT molecular complexity index is 900. The molecule has 0 radical (unpaired) electrons. The van der Waals surface area contributed by atoms with Crippen molar-refractivity contribution < 1.29 is 19.1 Å². The van der Waals surface area contributed by atoms with Gasteiger partial charge in [0.1, 0.15) is 5.75 Å². The number of carbonyl (C=O) groups excluding carboxylic acids is 3. The first-order valence-electron chi connectivity index (χ1n) is 10.1. The maximum Gasteiger partial charge on any atom is 0.262 e. The molecule has 3 N–H and O–H groups in total. The number of hydrogen-bond donors (Lipinski definition) is 3. The second-order valence-electron chi connectivity index (χ2n) is 7.56. The van der Waals surface area contributed by atoms with Crippen LogP contribution in [0.2, 0.25) is 0 Å². The molecule has 7 heteroatoms. The molecule has 3 rings (SSSR count). The number of rotatable bonds is 9. The van der Waals surface area contributed by atoms with Gasteiger partial charge in [0.25, 0.3) is 11.8 Å². The lowest BCUT2D eigenvalue weighted by atomic mass is 10.1. The predicted octanol–water partition coefficient (Wildman–Crippen LogP) is 2.58. The first kappa shape index (κ1) is 21.4. The van der Waals surface area contributed by atoms with Crippen molar-refractivity contribution in [3.63, 3.8) is 0 Å². The van der Waals surface area contributed by atoms with Gasteiger partial charge in [-0.1, -0.05) is 6.07 Å². The maximum absolute atomic E-state index is 12.2. The molecule has 1 aliphatic rings. The first-order valence-corrected chi connectivity index (χ1v) is 10.1. The van der Waals surface area contributed by atoms with Gasteiger partial charge in [0.15, 0.2) is 6.61 Å². The van der Waals surface area contributed by atoms with Crippen molar-refractivity contribution in [1.82, 2.24) is 10.6 Å². The fourth-order valence-electron chi connectivity index (χ4n) is 3.02. The molecule has 0 aliphatic heterocycles. The molecule has 1 aliphatic carbocycles. The van der Waals surface area contributed by atoms with Crippen molar-refractivity contribution in [3.05, 3.63) is 59.2 Å². The van der Waals surface area contributed by atoms with Gasteiger partial charge in [0.2, 0.25) is 5.91 Å². The van der Waals surface area contributed by atoms with E-state index in [4.69, 9.17) is 4.74 Å². The minimum Gasteiger partial charge on any atom is -0.484 e. The summed E-state index contributed by atoms with van der Waals surface area (Å²) in [6.45, 7) is 4.63. The molecule has 30 heavy (non-hydrogen) atoms. The Morgan fingerprint density at radius 2 is 1.57 bits per heavy atom. The van der Waals surface area contributed by atoms with E-state index in [9.17, 15) is 14.4 Å². The van der Waals surface area contributed by atoms with Crippen molar-refractivity contribution in [1.29, 1.82) is 0 Å². The summed E-state index contributed by atoms with van der Waals surface area (Å²) in [5, 5.41) is 8.30. The van der Waals surface area contributed by atoms with E-state index < -0.39 is 0 Å². The molecule has 0 aromatic heterocycles. The zero-order chi connectivity index (χ0) is 21.5. The highest BCUT2D eigenvalue weighted by Gasteiger charge is 2.28. The van der Waals surface area contributed by atoms with E-state index in [1.165, 1.54) is 0 Å². The Kier molecular flexibility index (Phi) is 7.06. The maximum atomic E-state index is 12.2. The fourth-order valence-corrected chi connectivity index (χ4v) is 3.02. The standard InChI is InChI=1S/C23H27N3O4/c1-15-11-16(2)13-20(12-15)30-14-21(27)26-19-7-5-18(6-8-19)23(29)25-10-9-24-22(28)17-3-4-17/h5-8,11-13,17H,3-4,9-10,14H2,1-2H3,(H,24,28)(H,25,29)(H,26,27). The lowest BCUT2D eigenvalue weighted by molar-refractivity contribution is -0.122. The Morgan fingerprint density at radius 1 is 0.933 bits per heavy atom. The molecule has 0 unspecified atom stereocenters. The number of benzene rings is 2. The minimum absolute atomic E-state index is 0.0610. The summed E-state index contributed by atoms with van der Waals surface area (Å²) in [4.78, 5) is 35.8. The average Bonchev–Trinajstić information content (AvgIpc) is 3.55. The summed E-state index contributed by atoms with van der Waals surface area (Å²) in [5.74, 6) is 0.369. The summed E-state index contributed by atoms with van der Waals surface area (Å²) < 4.78 is 5.55. The number of ether oxygens (including phenoxy) is 1. The van der Waals surface area contributed by atoms with Crippen LogP contribution in [0.15, 0.2) is 42.5 Å². The third-order valence-corrected chi connectivity index (χ3v) is 4.65. The Morgan fingerprint density at radius 3 is 2.20 bits per heavy atom. The van der Waals surface area contributed by atoms with Crippen LogP contribution >= 0.6 is 0 Å². The minimum atomic E-state index is -0.280. The number of hydrogen-bond acceptors (Lipinski definition) is 4. The van der Waals surface area contributed by atoms with Gasteiger partial charge in [-0.3, -0.25) is 14.4 Å². The molecule has 0 saturated heterocycles. The lowest BCUT2D eigenvalue weighted by Crippen LogP contribution is -2.35. The monoisotopic (exact) mass is 409 g/mol. The van der Waals surface area contributed by atoms with E-state index in [1.807, 2.05) is 32.0 Å². The van der Waals surface area contributed by atoms with Crippen molar-refractivity contribution in [3.8, 4) is 5.75 Å². The molecule has 158 valence electrons. The van der Waals surface area contributed by atoms with E-state index >= 15 is 0 Å². The van der Waals surface area contributed by atoms with Crippen molar-refractivity contribution in [2.24, 2.45) is 5.92 Å². The third-order valence-electron chi connectivity index (χ3n) is 4.65. The van der Waals surface area contributed by atoms with Gasteiger partial charge in [-0.2, -0.15) is 0 Å². The van der Waals surface area contributed by atoms with Crippen LogP contribution in [0, 0.1) is 19.8 Å². The Labute approximate surface area is 176 Å². The summed E-state index contributed by atoms with van der Waals surface area (Å²) in [6, 6.07) is 12.4. The molecule has 3 amide bonds. The lowest BCUT2D eigenvalue weighted by Gasteiger charge is -2.10. The van der Waals surface area contributed by atoms with Crippen molar-refractivity contribution in [2.45, 2.75) is 26.7 Å². The molecule has 1 fully saturated rings. The molecule has 0 spiro atoms. The van der Waals surface area contributed by atoms with Gasteiger partial charge < -0.3 is 20.7 Å². The van der Waals surface area contributed by atoms with Crippen LogP contribution in [-0.2, 0) is 9.59 Å². The van der Waals surface area contributed by atoms with E-state index in [0.717, 1.165) is 24.0 Å². The van der Waals surface area contributed by atoms with E-state index in [2.05, 4.69) is 16.0 Å². The number of anilines is 1. The van der Waals surface area contributed by atoms with Crippen LogP contribution in [0.4, 0.5) is 5.69 Å². The van der Waals surface area contributed by atoms with Crippen LogP contribution in [0.1, 0.15) is 34.3 Å². The van der Waals surface area contributed by atoms with Gasteiger partial charge in [-0.25, -0.2) is 0 Å². The highest BCUT2D eigenvalue weighted by molar-refractivity contribution is 5.96.